The molecule has 2 bridgehead atoms. The molecule has 0 aromatic rings. The van der Waals surface area contributed by atoms with Gasteiger partial charge in [0, 0.05) is 6.42 Å². The number of ether oxygens (including phenoxy) is 5. The zero-order valence-electron chi connectivity index (χ0n) is 16.2. The predicted octanol–water partition coefficient (Wildman–Crippen LogP) is 0.760. The van der Waals surface area contributed by atoms with Gasteiger partial charge in [-0.25, -0.2) is 14.4 Å². The minimum Gasteiger partial charge on any atom is -0.467 e. The molecule has 10 heteroatoms. The van der Waals surface area contributed by atoms with Crippen LogP contribution in [0.25, 0.3) is 0 Å². The maximum Gasteiger partial charge on any atom is 0.345 e. The molecule has 2 aliphatic heterocycles. The molecule has 0 radical (unpaired) electrons. The van der Waals surface area contributed by atoms with Crippen molar-refractivity contribution in [2.24, 2.45) is 0 Å². The lowest BCUT2D eigenvalue weighted by Crippen LogP contribution is -2.74. The van der Waals surface area contributed by atoms with E-state index in [0.717, 1.165) is 14.2 Å². The number of fused-ring (bicyclic) bond motifs is 2. The van der Waals surface area contributed by atoms with Crippen LogP contribution in [0.2, 0.25) is 19.6 Å². The third-order valence-corrected chi connectivity index (χ3v) is 5.50. The van der Waals surface area contributed by atoms with Crippen molar-refractivity contribution in [3.63, 3.8) is 0 Å². The van der Waals surface area contributed by atoms with Gasteiger partial charge < -0.3 is 28.1 Å². The molecule has 9 nitrogen and oxygen atoms in total. The second-order valence-electron chi connectivity index (χ2n) is 7.52. The topological polar surface area (TPSA) is 107 Å². The van der Waals surface area contributed by atoms with Crippen molar-refractivity contribution in [2.45, 2.75) is 62.5 Å². The largest absolute Gasteiger partial charge is 0.467 e. The molecule has 0 unspecified atom stereocenters. The van der Waals surface area contributed by atoms with E-state index in [1.165, 1.54) is 7.11 Å². The van der Waals surface area contributed by atoms with Gasteiger partial charge in [-0.05, 0) is 33.0 Å². The first kappa shape index (κ1) is 20.8. The highest BCUT2D eigenvalue weighted by Gasteiger charge is 2.80. The van der Waals surface area contributed by atoms with E-state index < -0.39 is 49.3 Å². The van der Waals surface area contributed by atoms with E-state index in [0.29, 0.717) is 0 Å². The number of methoxy groups -OCH3 is 3. The van der Waals surface area contributed by atoms with Crippen LogP contribution >= 0.6 is 0 Å². The molecular weight excluding hydrogens is 364 g/mol. The Bertz CT molecular complexity index is 615. The average Bonchev–Trinajstić information content (AvgIpc) is 2.85. The number of carbonyl (C=O) groups excluding carboxylic acids is 3. The molecule has 0 aromatic carbocycles. The second-order valence-corrected chi connectivity index (χ2v) is 11.9. The third-order valence-electron chi connectivity index (χ3n) is 4.54. The standard InChI is InChI=1S/C16H26O9Si/c1-14-8-9-15(12(18)21-3,25-26(5,6)7)16(24-14,13(19)22-4)10(23-14)11(17)20-2/h10H,8-9H2,1-7H3/t10-,14+,15+,16-/m0/s1. The summed E-state index contributed by atoms with van der Waals surface area (Å²) in [5, 5.41) is 0. The lowest BCUT2D eigenvalue weighted by molar-refractivity contribution is -0.261. The van der Waals surface area contributed by atoms with Gasteiger partial charge in [0.2, 0.25) is 11.7 Å². The van der Waals surface area contributed by atoms with Crippen molar-refractivity contribution in [3.05, 3.63) is 0 Å². The van der Waals surface area contributed by atoms with Crippen LogP contribution in [0.5, 0.6) is 0 Å². The fourth-order valence-electron chi connectivity index (χ4n) is 3.64. The van der Waals surface area contributed by atoms with Crippen molar-refractivity contribution in [3.8, 4) is 0 Å². The molecule has 2 aliphatic rings. The minimum atomic E-state index is -2.44. The predicted molar refractivity (Wildman–Crippen MR) is 89.5 cm³/mol. The van der Waals surface area contributed by atoms with Gasteiger partial charge >= 0.3 is 17.9 Å². The summed E-state index contributed by atoms with van der Waals surface area (Å²) in [4.78, 5) is 38.3. The summed E-state index contributed by atoms with van der Waals surface area (Å²) in [6, 6.07) is 0. The molecule has 2 fully saturated rings. The van der Waals surface area contributed by atoms with Crippen molar-refractivity contribution in [1.29, 1.82) is 0 Å². The van der Waals surface area contributed by atoms with Crippen LogP contribution in [0.3, 0.4) is 0 Å². The average molecular weight is 390 g/mol. The Labute approximate surface area is 153 Å². The fraction of sp³-hybridized carbons (Fsp3) is 0.812. The highest BCUT2D eigenvalue weighted by molar-refractivity contribution is 6.70. The van der Waals surface area contributed by atoms with Gasteiger partial charge in [0.05, 0.1) is 21.3 Å². The number of hydrogen-bond acceptors (Lipinski definition) is 9. The smallest absolute Gasteiger partial charge is 0.345 e. The summed E-state index contributed by atoms with van der Waals surface area (Å²) in [7, 11) is 1.03. The normalized spacial score (nSPS) is 36.3. The maximum absolute atomic E-state index is 12.9. The summed E-state index contributed by atoms with van der Waals surface area (Å²) >= 11 is 0. The van der Waals surface area contributed by atoms with Crippen molar-refractivity contribution >= 4 is 26.2 Å². The molecule has 0 N–H and O–H groups in total. The van der Waals surface area contributed by atoms with Crippen LogP contribution in [-0.2, 0) is 42.5 Å². The highest BCUT2D eigenvalue weighted by Crippen LogP contribution is 2.55. The zero-order valence-corrected chi connectivity index (χ0v) is 17.2. The summed E-state index contributed by atoms with van der Waals surface area (Å²) in [5.41, 5.74) is -4.07. The van der Waals surface area contributed by atoms with E-state index in [2.05, 4.69) is 0 Å². The van der Waals surface area contributed by atoms with Crippen molar-refractivity contribution in [2.75, 3.05) is 21.3 Å². The Hall–Kier alpha value is -1.49. The van der Waals surface area contributed by atoms with E-state index in [-0.39, 0.29) is 12.8 Å². The molecule has 0 aromatic heterocycles. The first-order chi connectivity index (χ1) is 11.9. The molecule has 0 amide bonds. The Balaban J connectivity index is 2.78. The zero-order chi connectivity index (χ0) is 20.0. The molecule has 0 saturated carbocycles. The molecular formula is C16H26O9Si. The lowest BCUT2D eigenvalue weighted by atomic mass is 9.73. The van der Waals surface area contributed by atoms with Crippen LogP contribution in [-0.4, -0.2) is 70.6 Å². The molecule has 148 valence electrons. The summed E-state index contributed by atoms with van der Waals surface area (Å²) < 4.78 is 32.6. The number of rotatable bonds is 5. The van der Waals surface area contributed by atoms with E-state index in [9.17, 15) is 14.4 Å². The van der Waals surface area contributed by atoms with Crippen LogP contribution in [0, 0.1) is 0 Å². The minimum absolute atomic E-state index is 0.0586. The van der Waals surface area contributed by atoms with Crippen molar-refractivity contribution < 1.29 is 42.5 Å². The van der Waals surface area contributed by atoms with Crippen molar-refractivity contribution in [1.82, 2.24) is 0 Å². The van der Waals surface area contributed by atoms with Gasteiger partial charge in [0.25, 0.3) is 0 Å². The third kappa shape index (κ3) is 2.94. The van der Waals surface area contributed by atoms with Crippen LogP contribution < -0.4 is 0 Å². The Morgan fingerprint density at radius 3 is 2.00 bits per heavy atom. The van der Waals surface area contributed by atoms with Gasteiger partial charge in [-0.2, -0.15) is 0 Å². The van der Waals surface area contributed by atoms with Gasteiger partial charge in [0.1, 0.15) is 0 Å². The highest BCUT2D eigenvalue weighted by atomic mass is 28.4. The number of carbonyl (C=O) groups is 3. The summed E-state index contributed by atoms with van der Waals surface area (Å²) in [6.45, 7) is 7.13. The second kappa shape index (κ2) is 6.59. The van der Waals surface area contributed by atoms with E-state index in [4.69, 9.17) is 28.1 Å². The van der Waals surface area contributed by atoms with E-state index >= 15 is 0 Å². The quantitative estimate of drug-likeness (QED) is 0.382. The van der Waals surface area contributed by atoms with Gasteiger partial charge in [-0.3, -0.25) is 0 Å². The lowest BCUT2D eigenvalue weighted by Gasteiger charge is -2.49. The SMILES string of the molecule is COC(=O)[C@@H]1O[C@@]2(C)CC[C@@](O[Si](C)(C)C)(C(=O)OC)[C@]1(C(=O)OC)O2. The molecule has 2 heterocycles. The monoisotopic (exact) mass is 390 g/mol. The molecule has 2 rings (SSSR count). The molecule has 26 heavy (non-hydrogen) atoms. The summed E-state index contributed by atoms with van der Waals surface area (Å²) in [6.07, 6.45) is -1.27. The maximum atomic E-state index is 12.9. The van der Waals surface area contributed by atoms with Gasteiger partial charge in [0.15, 0.2) is 19.7 Å². The first-order valence-corrected chi connectivity index (χ1v) is 11.6. The number of esters is 3. The van der Waals surface area contributed by atoms with Gasteiger partial charge in [-0.1, -0.05) is 0 Å². The molecule has 0 spiro atoms. The molecule has 2 saturated heterocycles. The van der Waals surface area contributed by atoms with Crippen LogP contribution in [0.1, 0.15) is 19.8 Å². The molecule has 4 atom stereocenters. The van der Waals surface area contributed by atoms with Gasteiger partial charge in [-0.15, -0.1) is 0 Å². The van der Waals surface area contributed by atoms with E-state index in [1.54, 1.807) is 6.92 Å². The number of hydrogen-bond donors (Lipinski definition) is 0. The van der Waals surface area contributed by atoms with Crippen LogP contribution in [0.15, 0.2) is 0 Å². The Kier molecular flexibility index (Phi) is 5.28. The first-order valence-electron chi connectivity index (χ1n) is 8.24. The Morgan fingerprint density at radius 1 is 0.962 bits per heavy atom. The van der Waals surface area contributed by atoms with E-state index in [1.807, 2.05) is 19.6 Å². The summed E-state index contributed by atoms with van der Waals surface area (Å²) in [5.74, 6) is -3.92. The van der Waals surface area contributed by atoms with Crippen LogP contribution in [0.4, 0.5) is 0 Å². The molecule has 0 aliphatic carbocycles. The Morgan fingerprint density at radius 2 is 1.54 bits per heavy atom. The fourth-order valence-corrected chi connectivity index (χ4v) is 5.02.